The van der Waals surface area contributed by atoms with Gasteiger partial charge in [0.25, 0.3) is 0 Å². The van der Waals surface area contributed by atoms with Crippen molar-refractivity contribution in [3.05, 3.63) is 107 Å². The van der Waals surface area contributed by atoms with E-state index in [1.165, 1.54) is 11.1 Å². The first-order valence-electron chi connectivity index (χ1n) is 10.2. The molecule has 1 atom stereocenters. The van der Waals surface area contributed by atoms with Crippen molar-refractivity contribution in [3.8, 4) is 5.75 Å². The lowest BCUT2D eigenvalue weighted by molar-refractivity contribution is 0.282. The summed E-state index contributed by atoms with van der Waals surface area (Å²) in [6.07, 6.45) is 1.62. The summed E-state index contributed by atoms with van der Waals surface area (Å²) in [5.41, 5.74) is 4.27. The molecule has 0 radical (unpaired) electrons. The van der Waals surface area contributed by atoms with Crippen molar-refractivity contribution in [1.82, 2.24) is 4.98 Å². The molecule has 0 fully saturated rings. The Balaban J connectivity index is 1.46. The molecular formula is C26H24ClNO2. The van der Waals surface area contributed by atoms with E-state index in [0.717, 1.165) is 40.2 Å². The van der Waals surface area contributed by atoms with E-state index >= 15 is 0 Å². The molecule has 0 spiro atoms. The SMILES string of the molecule is OCCCC(c1ccc(Cl)cc1)c1ccc(OCc2ccc3ccccc3n2)cc1. The molecule has 30 heavy (non-hydrogen) atoms. The molecule has 4 rings (SSSR count). The fourth-order valence-corrected chi connectivity index (χ4v) is 3.78. The van der Waals surface area contributed by atoms with Crippen LogP contribution >= 0.6 is 11.6 Å². The van der Waals surface area contributed by atoms with Crippen LogP contribution in [0.5, 0.6) is 5.75 Å². The zero-order valence-electron chi connectivity index (χ0n) is 16.7. The maximum absolute atomic E-state index is 9.29. The molecule has 1 N–H and O–H groups in total. The maximum Gasteiger partial charge on any atom is 0.130 e. The van der Waals surface area contributed by atoms with E-state index in [-0.39, 0.29) is 12.5 Å². The van der Waals surface area contributed by atoms with Gasteiger partial charge in [0.15, 0.2) is 0 Å². The lowest BCUT2D eigenvalue weighted by Gasteiger charge is -2.18. The van der Waals surface area contributed by atoms with Gasteiger partial charge in [-0.1, -0.05) is 60.1 Å². The number of aliphatic hydroxyl groups excluding tert-OH is 1. The van der Waals surface area contributed by atoms with Crippen LogP contribution in [-0.2, 0) is 6.61 Å². The Bertz CT molecular complexity index is 1090. The van der Waals surface area contributed by atoms with Crippen LogP contribution in [0.2, 0.25) is 5.02 Å². The third-order valence-electron chi connectivity index (χ3n) is 5.25. The van der Waals surface area contributed by atoms with Crippen LogP contribution in [-0.4, -0.2) is 16.7 Å². The van der Waals surface area contributed by atoms with E-state index in [4.69, 9.17) is 16.3 Å². The van der Waals surface area contributed by atoms with Gasteiger partial charge in [-0.15, -0.1) is 0 Å². The molecule has 3 nitrogen and oxygen atoms in total. The number of aromatic nitrogens is 1. The highest BCUT2D eigenvalue weighted by Gasteiger charge is 2.14. The first-order valence-corrected chi connectivity index (χ1v) is 10.5. The van der Waals surface area contributed by atoms with Gasteiger partial charge in [-0.3, -0.25) is 0 Å². The molecular weight excluding hydrogens is 394 g/mol. The summed E-state index contributed by atoms with van der Waals surface area (Å²) in [4.78, 5) is 4.66. The van der Waals surface area contributed by atoms with Crippen molar-refractivity contribution in [1.29, 1.82) is 0 Å². The first-order chi connectivity index (χ1) is 14.7. The normalized spacial score (nSPS) is 12.1. The van der Waals surface area contributed by atoms with Crippen molar-refractivity contribution in [2.24, 2.45) is 0 Å². The van der Waals surface area contributed by atoms with Crippen molar-refractivity contribution in [2.75, 3.05) is 6.61 Å². The Morgan fingerprint density at radius 1 is 0.833 bits per heavy atom. The number of aliphatic hydroxyl groups is 1. The predicted octanol–water partition coefficient (Wildman–Crippen LogP) is 6.37. The molecule has 152 valence electrons. The quantitative estimate of drug-likeness (QED) is 0.362. The molecule has 0 bridgehead atoms. The number of pyridine rings is 1. The van der Waals surface area contributed by atoms with Crippen LogP contribution in [0, 0.1) is 0 Å². The van der Waals surface area contributed by atoms with Gasteiger partial charge in [0.05, 0.1) is 11.2 Å². The molecule has 0 saturated heterocycles. The van der Waals surface area contributed by atoms with Crippen LogP contribution in [0.15, 0.2) is 84.9 Å². The average Bonchev–Trinajstić information content (AvgIpc) is 2.79. The fourth-order valence-electron chi connectivity index (χ4n) is 3.66. The minimum atomic E-state index is 0.185. The van der Waals surface area contributed by atoms with E-state index < -0.39 is 0 Å². The summed E-state index contributed by atoms with van der Waals surface area (Å²) in [5, 5.41) is 11.1. The second-order valence-corrected chi connectivity index (χ2v) is 7.76. The molecule has 0 aliphatic rings. The molecule has 4 aromatic rings. The molecule has 3 aromatic carbocycles. The molecule has 1 aromatic heterocycles. The summed E-state index contributed by atoms with van der Waals surface area (Å²) in [5.74, 6) is 1.02. The number of benzene rings is 3. The maximum atomic E-state index is 9.29. The van der Waals surface area contributed by atoms with E-state index in [1.807, 2.05) is 48.5 Å². The topological polar surface area (TPSA) is 42.4 Å². The summed E-state index contributed by atoms with van der Waals surface area (Å²) in [6.45, 7) is 0.610. The predicted molar refractivity (Wildman–Crippen MR) is 122 cm³/mol. The van der Waals surface area contributed by atoms with Crippen molar-refractivity contribution in [3.63, 3.8) is 0 Å². The number of rotatable bonds is 8. The summed E-state index contributed by atoms with van der Waals surface area (Å²) >= 11 is 6.04. The molecule has 1 unspecified atom stereocenters. The van der Waals surface area contributed by atoms with Gasteiger partial charge in [0, 0.05) is 22.9 Å². The second kappa shape index (κ2) is 9.75. The van der Waals surface area contributed by atoms with Gasteiger partial charge >= 0.3 is 0 Å². The highest BCUT2D eigenvalue weighted by Crippen LogP contribution is 2.31. The van der Waals surface area contributed by atoms with Gasteiger partial charge in [0.2, 0.25) is 0 Å². The summed E-state index contributed by atoms with van der Waals surface area (Å²) in [6, 6.07) is 28.3. The lowest BCUT2D eigenvalue weighted by atomic mass is 9.87. The van der Waals surface area contributed by atoms with Crippen LogP contribution in [0.4, 0.5) is 0 Å². The number of nitrogens with zero attached hydrogens (tertiary/aromatic N) is 1. The summed E-state index contributed by atoms with van der Waals surface area (Å²) in [7, 11) is 0. The zero-order chi connectivity index (χ0) is 20.8. The van der Waals surface area contributed by atoms with Crippen LogP contribution in [0.3, 0.4) is 0 Å². The first kappa shape index (κ1) is 20.4. The fraction of sp³-hybridized carbons (Fsp3) is 0.192. The molecule has 0 aliphatic carbocycles. The Kier molecular flexibility index (Phi) is 6.63. The van der Waals surface area contributed by atoms with E-state index in [0.29, 0.717) is 6.61 Å². The van der Waals surface area contributed by atoms with E-state index in [9.17, 15) is 5.11 Å². The standard InChI is InChI=1S/C26H24ClNO2/c27-22-12-7-19(8-13-22)25(5-3-17-29)20-10-15-24(16-11-20)30-18-23-14-9-21-4-1-2-6-26(21)28-23/h1-2,4,6-16,25,29H,3,5,17-18H2. The van der Waals surface area contributed by atoms with Gasteiger partial charge < -0.3 is 9.84 Å². The van der Waals surface area contributed by atoms with E-state index in [1.54, 1.807) is 0 Å². The molecule has 1 heterocycles. The number of hydrogen-bond acceptors (Lipinski definition) is 3. The van der Waals surface area contributed by atoms with Crippen LogP contribution in [0.25, 0.3) is 10.9 Å². The number of hydrogen-bond donors (Lipinski definition) is 1. The van der Waals surface area contributed by atoms with Gasteiger partial charge in [0.1, 0.15) is 12.4 Å². The molecule has 0 amide bonds. The van der Waals surface area contributed by atoms with Crippen molar-refractivity contribution < 1.29 is 9.84 Å². The highest BCUT2D eigenvalue weighted by molar-refractivity contribution is 6.30. The third kappa shape index (κ3) is 4.99. The van der Waals surface area contributed by atoms with Gasteiger partial charge in [-0.05, 0) is 60.4 Å². The Hall–Kier alpha value is -2.88. The van der Waals surface area contributed by atoms with Crippen molar-refractivity contribution in [2.45, 2.75) is 25.4 Å². The molecule has 0 saturated carbocycles. The minimum absolute atomic E-state index is 0.185. The summed E-state index contributed by atoms with van der Waals surface area (Å²) < 4.78 is 5.96. The molecule has 4 heteroatoms. The lowest BCUT2D eigenvalue weighted by Crippen LogP contribution is -2.03. The zero-order valence-corrected chi connectivity index (χ0v) is 17.4. The van der Waals surface area contributed by atoms with Crippen LogP contribution < -0.4 is 4.74 Å². The van der Waals surface area contributed by atoms with Gasteiger partial charge in [-0.2, -0.15) is 0 Å². The monoisotopic (exact) mass is 417 g/mol. The second-order valence-electron chi connectivity index (χ2n) is 7.32. The third-order valence-corrected chi connectivity index (χ3v) is 5.50. The van der Waals surface area contributed by atoms with Crippen molar-refractivity contribution >= 4 is 22.5 Å². The minimum Gasteiger partial charge on any atom is -0.487 e. The number of ether oxygens (including phenoxy) is 1. The Morgan fingerprint density at radius 2 is 1.53 bits per heavy atom. The van der Waals surface area contributed by atoms with Gasteiger partial charge in [-0.25, -0.2) is 4.98 Å². The Labute approximate surface area is 181 Å². The van der Waals surface area contributed by atoms with E-state index in [2.05, 4.69) is 41.4 Å². The van der Waals surface area contributed by atoms with Crippen LogP contribution in [0.1, 0.15) is 35.6 Å². The molecule has 0 aliphatic heterocycles. The number of halogens is 1. The Morgan fingerprint density at radius 3 is 2.27 bits per heavy atom. The smallest absolute Gasteiger partial charge is 0.130 e. The highest BCUT2D eigenvalue weighted by atomic mass is 35.5. The average molecular weight is 418 g/mol. The number of fused-ring (bicyclic) bond motifs is 1. The number of para-hydroxylation sites is 1. The largest absolute Gasteiger partial charge is 0.487 e.